The second-order valence-corrected chi connectivity index (χ2v) is 5.88. The van der Waals surface area contributed by atoms with Crippen molar-refractivity contribution in [1.82, 2.24) is 10.3 Å². The van der Waals surface area contributed by atoms with Gasteiger partial charge in [0.1, 0.15) is 5.69 Å². The molecule has 8 heteroatoms. The lowest BCUT2D eigenvalue weighted by Crippen LogP contribution is -2.36. The van der Waals surface area contributed by atoms with Gasteiger partial charge >= 0.3 is 6.18 Å². The van der Waals surface area contributed by atoms with E-state index in [-0.39, 0.29) is 11.9 Å². The number of alkyl halides is 3. The summed E-state index contributed by atoms with van der Waals surface area (Å²) < 4.78 is 38.2. The van der Waals surface area contributed by atoms with Gasteiger partial charge in [-0.25, -0.2) is 0 Å². The monoisotopic (exact) mass is 339 g/mol. The fourth-order valence-corrected chi connectivity index (χ4v) is 2.60. The van der Waals surface area contributed by atoms with Crippen molar-refractivity contribution in [2.45, 2.75) is 38.6 Å². The minimum absolute atomic E-state index is 0.298. The van der Waals surface area contributed by atoms with Crippen molar-refractivity contribution < 1.29 is 22.8 Å². The molecule has 1 aliphatic heterocycles. The number of hydrogen-bond acceptors (Lipinski definition) is 3. The number of halogens is 3. The maximum absolute atomic E-state index is 12.7. The Labute approximate surface area is 135 Å². The third-order valence-electron chi connectivity index (χ3n) is 3.92. The van der Waals surface area contributed by atoms with Crippen molar-refractivity contribution >= 4 is 22.5 Å². The number of hydrogen-bond donors (Lipinski definition) is 2. The Balaban J connectivity index is 1.75. The number of nitrogens with one attached hydrogen (secondary N) is 2. The molecular formula is C16H16F3N3O2. The summed E-state index contributed by atoms with van der Waals surface area (Å²) in [5, 5.41) is 6.96. The highest BCUT2D eigenvalue weighted by molar-refractivity contribution is 5.91. The molecule has 24 heavy (non-hydrogen) atoms. The first-order valence-electron chi connectivity index (χ1n) is 7.43. The van der Waals surface area contributed by atoms with Crippen LogP contribution in [0.5, 0.6) is 0 Å². The molecule has 2 atom stereocenters. The van der Waals surface area contributed by atoms with E-state index in [0.29, 0.717) is 22.9 Å². The van der Waals surface area contributed by atoms with Crippen LogP contribution in [0.15, 0.2) is 29.4 Å². The summed E-state index contributed by atoms with van der Waals surface area (Å²) >= 11 is 0. The van der Waals surface area contributed by atoms with E-state index in [2.05, 4.69) is 15.5 Å². The molecule has 2 unspecified atom stereocenters. The van der Waals surface area contributed by atoms with Gasteiger partial charge in [0.15, 0.2) is 0 Å². The number of rotatable bonds is 3. The standard InChI is InChI=1S/C16H16F3N3O2/c1-8-5-13(24-22-8)15(23)20-9(2)10-3-4-12-11(6-10)7-14(21-12)16(17,18)19/h3-4,6-7,9,13,21H,5H2,1-2H3,(H,20,23). The van der Waals surface area contributed by atoms with Crippen molar-refractivity contribution in [1.29, 1.82) is 0 Å². The first kappa shape index (κ1) is 16.4. The molecule has 0 radical (unpaired) electrons. The molecule has 128 valence electrons. The predicted molar refractivity (Wildman–Crippen MR) is 82.5 cm³/mol. The maximum atomic E-state index is 12.7. The zero-order valence-corrected chi connectivity index (χ0v) is 13.1. The molecule has 2 aromatic rings. The molecular weight excluding hydrogens is 323 g/mol. The molecule has 2 N–H and O–H groups in total. The highest BCUT2D eigenvalue weighted by Crippen LogP contribution is 2.32. The number of fused-ring (bicyclic) bond motifs is 1. The molecule has 2 heterocycles. The van der Waals surface area contributed by atoms with Gasteiger partial charge in [-0.2, -0.15) is 13.2 Å². The fraction of sp³-hybridized carbons (Fsp3) is 0.375. The van der Waals surface area contributed by atoms with Crippen LogP contribution in [0.1, 0.15) is 37.6 Å². The quantitative estimate of drug-likeness (QED) is 0.898. The summed E-state index contributed by atoms with van der Waals surface area (Å²) in [5.74, 6) is -0.298. The first-order valence-corrected chi connectivity index (χ1v) is 7.43. The average Bonchev–Trinajstić information content (AvgIpc) is 3.11. The topological polar surface area (TPSA) is 66.5 Å². The highest BCUT2D eigenvalue weighted by Gasteiger charge is 2.32. The lowest BCUT2D eigenvalue weighted by Gasteiger charge is -2.16. The normalized spacial score (nSPS) is 19.0. The van der Waals surface area contributed by atoms with Gasteiger partial charge < -0.3 is 15.1 Å². The van der Waals surface area contributed by atoms with Crippen molar-refractivity contribution in [2.75, 3.05) is 0 Å². The van der Waals surface area contributed by atoms with Crippen LogP contribution in [-0.2, 0) is 15.8 Å². The molecule has 5 nitrogen and oxygen atoms in total. The van der Waals surface area contributed by atoms with E-state index in [1.54, 1.807) is 32.0 Å². The van der Waals surface area contributed by atoms with Crippen molar-refractivity contribution in [2.24, 2.45) is 5.16 Å². The second kappa shape index (κ2) is 5.85. The summed E-state index contributed by atoms with van der Waals surface area (Å²) in [5.41, 5.74) is 1.06. The van der Waals surface area contributed by atoms with Crippen LogP contribution < -0.4 is 5.32 Å². The van der Waals surface area contributed by atoms with Gasteiger partial charge in [-0.05, 0) is 37.6 Å². The SMILES string of the molecule is CC1=NOC(C(=O)NC(C)c2ccc3[nH]c(C(F)(F)F)cc3c2)C1. The Bertz CT molecular complexity index is 810. The van der Waals surface area contributed by atoms with E-state index in [1.807, 2.05) is 0 Å². The number of aromatic nitrogens is 1. The molecule has 1 aromatic heterocycles. The number of carbonyl (C=O) groups is 1. The van der Waals surface area contributed by atoms with Gasteiger partial charge in [0.25, 0.3) is 5.91 Å². The Morgan fingerprint density at radius 3 is 2.79 bits per heavy atom. The van der Waals surface area contributed by atoms with Gasteiger partial charge in [-0.15, -0.1) is 0 Å². The molecule has 0 saturated carbocycles. The third-order valence-corrected chi connectivity index (χ3v) is 3.92. The smallest absolute Gasteiger partial charge is 0.382 e. The van der Waals surface area contributed by atoms with E-state index in [1.165, 1.54) is 0 Å². The van der Waals surface area contributed by atoms with Crippen LogP contribution in [0, 0.1) is 0 Å². The molecule has 0 bridgehead atoms. The van der Waals surface area contributed by atoms with E-state index < -0.39 is 18.0 Å². The number of nitrogens with zero attached hydrogens (tertiary/aromatic N) is 1. The van der Waals surface area contributed by atoms with Crippen LogP contribution in [0.2, 0.25) is 0 Å². The lowest BCUT2D eigenvalue weighted by atomic mass is 10.1. The predicted octanol–water partition coefficient (Wildman–Crippen LogP) is 3.53. The molecule has 0 aliphatic carbocycles. The minimum Gasteiger partial charge on any atom is -0.382 e. The van der Waals surface area contributed by atoms with Gasteiger partial charge in [-0.1, -0.05) is 11.2 Å². The Morgan fingerprint density at radius 1 is 1.42 bits per heavy atom. The zero-order chi connectivity index (χ0) is 17.5. The van der Waals surface area contributed by atoms with Crippen LogP contribution >= 0.6 is 0 Å². The summed E-state index contributed by atoms with van der Waals surface area (Å²) in [7, 11) is 0. The second-order valence-electron chi connectivity index (χ2n) is 5.88. The van der Waals surface area contributed by atoms with E-state index in [9.17, 15) is 18.0 Å². The van der Waals surface area contributed by atoms with Crippen molar-refractivity contribution in [3.63, 3.8) is 0 Å². The average molecular weight is 339 g/mol. The molecule has 0 saturated heterocycles. The summed E-state index contributed by atoms with van der Waals surface area (Å²) in [6.07, 6.45) is -4.64. The molecule has 1 aromatic carbocycles. The van der Waals surface area contributed by atoms with Crippen LogP contribution in [0.3, 0.4) is 0 Å². The van der Waals surface area contributed by atoms with E-state index in [4.69, 9.17) is 4.84 Å². The number of H-pyrrole nitrogens is 1. The van der Waals surface area contributed by atoms with E-state index in [0.717, 1.165) is 11.8 Å². The van der Waals surface area contributed by atoms with Crippen LogP contribution in [-0.4, -0.2) is 22.7 Å². The zero-order valence-electron chi connectivity index (χ0n) is 13.1. The van der Waals surface area contributed by atoms with Crippen molar-refractivity contribution in [3.8, 4) is 0 Å². The Hall–Kier alpha value is -2.51. The van der Waals surface area contributed by atoms with Crippen molar-refractivity contribution in [3.05, 3.63) is 35.5 Å². The van der Waals surface area contributed by atoms with Gasteiger partial charge in [0.2, 0.25) is 6.10 Å². The largest absolute Gasteiger partial charge is 0.431 e. The Kier molecular flexibility index (Phi) is 3.98. The number of oxime groups is 1. The Morgan fingerprint density at radius 2 is 2.17 bits per heavy atom. The third kappa shape index (κ3) is 3.22. The van der Waals surface area contributed by atoms with Gasteiger partial charge in [0.05, 0.1) is 11.8 Å². The van der Waals surface area contributed by atoms with Crippen LogP contribution in [0.4, 0.5) is 13.2 Å². The number of benzene rings is 1. The molecule has 0 spiro atoms. The highest BCUT2D eigenvalue weighted by atomic mass is 19.4. The van der Waals surface area contributed by atoms with E-state index >= 15 is 0 Å². The first-order chi connectivity index (χ1) is 11.2. The minimum atomic E-state index is -4.42. The lowest BCUT2D eigenvalue weighted by molar-refractivity contribution is -0.140. The summed E-state index contributed by atoms with van der Waals surface area (Å²) in [4.78, 5) is 19.5. The molecule has 0 fully saturated rings. The van der Waals surface area contributed by atoms with Crippen LogP contribution in [0.25, 0.3) is 10.9 Å². The summed E-state index contributed by atoms with van der Waals surface area (Å²) in [6.45, 7) is 3.54. The van der Waals surface area contributed by atoms with Gasteiger partial charge in [0, 0.05) is 17.3 Å². The summed E-state index contributed by atoms with van der Waals surface area (Å²) in [6, 6.07) is 5.58. The number of aromatic amines is 1. The molecule has 1 aliphatic rings. The number of amides is 1. The number of carbonyl (C=O) groups excluding carboxylic acids is 1. The van der Waals surface area contributed by atoms with Gasteiger partial charge in [-0.3, -0.25) is 4.79 Å². The maximum Gasteiger partial charge on any atom is 0.431 e. The molecule has 1 amide bonds. The fourth-order valence-electron chi connectivity index (χ4n) is 2.60. The molecule has 3 rings (SSSR count).